The Hall–Kier alpha value is -1.50. The highest BCUT2D eigenvalue weighted by Gasteiger charge is 2.44. The Morgan fingerprint density at radius 1 is 1.18 bits per heavy atom. The summed E-state index contributed by atoms with van der Waals surface area (Å²) >= 11 is 0. The van der Waals surface area contributed by atoms with Crippen LogP contribution in [0.15, 0.2) is 24.5 Å². The Bertz CT molecular complexity index is 639. The molecule has 6 heteroatoms. The molecule has 1 amide bonds. The van der Waals surface area contributed by atoms with E-state index in [0.717, 1.165) is 64.8 Å². The van der Waals surface area contributed by atoms with Gasteiger partial charge in [0, 0.05) is 51.6 Å². The number of carbonyl (C=O) groups excluding carboxylic acids is 1. The molecule has 1 aromatic rings. The summed E-state index contributed by atoms with van der Waals surface area (Å²) in [5.41, 5.74) is 1.24. The Morgan fingerprint density at radius 2 is 1.93 bits per heavy atom. The molecule has 3 aliphatic rings. The summed E-state index contributed by atoms with van der Waals surface area (Å²) in [6.07, 6.45) is 9.22. The number of aromatic nitrogens is 1. The molecule has 0 bridgehead atoms. The maximum atomic E-state index is 12.8. The molecule has 4 heterocycles. The Morgan fingerprint density at radius 3 is 2.57 bits per heavy atom. The van der Waals surface area contributed by atoms with Crippen LogP contribution in [0.3, 0.4) is 0 Å². The van der Waals surface area contributed by atoms with E-state index in [2.05, 4.69) is 32.8 Å². The molecule has 0 radical (unpaired) electrons. The monoisotopic (exact) mass is 386 g/mol. The molecule has 154 valence electrons. The lowest BCUT2D eigenvalue weighted by Gasteiger charge is -2.53. The van der Waals surface area contributed by atoms with E-state index in [4.69, 9.17) is 4.74 Å². The molecule has 28 heavy (non-hydrogen) atoms. The molecule has 1 aromatic heterocycles. The molecular weight excluding hydrogens is 352 g/mol. The highest BCUT2D eigenvalue weighted by Crippen LogP contribution is 2.39. The molecule has 0 spiro atoms. The predicted molar refractivity (Wildman–Crippen MR) is 109 cm³/mol. The fourth-order valence-corrected chi connectivity index (χ4v) is 5.12. The van der Waals surface area contributed by atoms with Crippen LogP contribution in [-0.4, -0.2) is 84.6 Å². The number of ether oxygens (including phenoxy) is 1. The van der Waals surface area contributed by atoms with Crippen molar-refractivity contribution >= 4 is 5.91 Å². The number of pyridine rings is 1. The second kappa shape index (κ2) is 8.89. The van der Waals surface area contributed by atoms with Gasteiger partial charge in [-0.05, 0) is 63.4 Å². The van der Waals surface area contributed by atoms with Gasteiger partial charge in [-0.1, -0.05) is 6.07 Å². The number of hydrogen-bond donors (Lipinski definition) is 0. The average Bonchev–Trinajstić information content (AvgIpc) is 2.70. The molecule has 4 rings (SSSR count). The molecule has 0 N–H and O–H groups in total. The second-order valence-electron chi connectivity index (χ2n) is 8.76. The number of amides is 1. The van der Waals surface area contributed by atoms with Crippen molar-refractivity contribution in [1.29, 1.82) is 0 Å². The van der Waals surface area contributed by atoms with Gasteiger partial charge in [-0.2, -0.15) is 0 Å². The minimum atomic E-state index is 0.244. The van der Waals surface area contributed by atoms with Crippen molar-refractivity contribution in [2.75, 3.05) is 46.9 Å². The Labute approximate surface area is 168 Å². The van der Waals surface area contributed by atoms with Gasteiger partial charge in [-0.15, -0.1) is 0 Å². The second-order valence-corrected chi connectivity index (χ2v) is 8.76. The molecule has 3 saturated heterocycles. The third kappa shape index (κ3) is 4.24. The number of methoxy groups -OCH3 is 1. The summed E-state index contributed by atoms with van der Waals surface area (Å²) in [7, 11) is 3.97. The molecule has 3 aliphatic heterocycles. The molecule has 0 saturated carbocycles. The van der Waals surface area contributed by atoms with Crippen molar-refractivity contribution in [2.24, 2.45) is 5.92 Å². The lowest BCUT2D eigenvalue weighted by Crippen LogP contribution is -2.60. The van der Waals surface area contributed by atoms with Crippen LogP contribution in [0, 0.1) is 5.92 Å². The van der Waals surface area contributed by atoms with Crippen LogP contribution in [0.1, 0.15) is 43.7 Å². The van der Waals surface area contributed by atoms with Gasteiger partial charge in [0.15, 0.2) is 0 Å². The van der Waals surface area contributed by atoms with Crippen LogP contribution in [0.5, 0.6) is 0 Å². The van der Waals surface area contributed by atoms with E-state index in [1.54, 1.807) is 7.11 Å². The molecular formula is C22H34N4O2. The van der Waals surface area contributed by atoms with Crippen molar-refractivity contribution in [2.45, 2.75) is 50.3 Å². The third-order valence-corrected chi connectivity index (χ3v) is 7.02. The van der Waals surface area contributed by atoms with Gasteiger partial charge in [0.05, 0.1) is 12.1 Å². The van der Waals surface area contributed by atoms with Crippen LogP contribution in [-0.2, 0) is 9.53 Å². The predicted octanol–water partition coefficient (Wildman–Crippen LogP) is 2.18. The van der Waals surface area contributed by atoms with Crippen LogP contribution in [0.25, 0.3) is 0 Å². The number of rotatable bonds is 5. The van der Waals surface area contributed by atoms with Crippen molar-refractivity contribution in [3.05, 3.63) is 30.1 Å². The van der Waals surface area contributed by atoms with Crippen LogP contribution < -0.4 is 0 Å². The minimum absolute atomic E-state index is 0.244. The normalized spacial score (nSPS) is 28.3. The van der Waals surface area contributed by atoms with Gasteiger partial charge in [0.25, 0.3) is 0 Å². The largest absolute Gasteiger partial charge is 0.378 e. The number of likely N-dealkylation sites (tertiary alicyclic amines) is 3. The number of piperidine rings is 2. The minimum Gasteiger partial charge on any atom is -0.378 e. The highest BCUT2D eigenvalue weighted by molar-refractivity contribution is 5.76. The molecule has 0 aromatic carbocycles. The van der Waals surface area contributed by atoms with E-state index in [9.17, 15) is 4.79 Å². The topological polar surface area (TPSA) is 48.9 Å². The third-order valence-electron chi connectivity index (χ3n) is 7.02. The zero-order valence-electron chi connectivity index (χ0n) is 17.3. The summed E-state index contributed by atoms with van der Waals surface area (Å²) in [6, 6.07) is 4.98. The first kappa shape index (κ1) is 19.8. The van der Waals surface area contributed by atoms with Crippen molar-refractivity contribution in [3.63, 3.8) is 0 Å². The number of nitrogens with zero attached hydrogens (tertiary/aromatic N) is 4. The van der Waals surface area contributed by atoms with Crippen molar-refractivity contribution in [3.8, 4) is 0 Å². The van der Waals surface area contributed by atoms with Crippen molar-refractivity contribution in [1.82, 2.24) is 19.7 Å². The fraction of sp³-hybridized carbons (Fsp3) is 0.727. The van der Waals surface area contributed by atoms with Gasteiger partial charge in [-0.25, -0.2) is 0 Å². The van der Waals surface area contributed by atoms with E-state index in [1.807, 2.05) is 18.5 Å². The van der Waals surface area contributed by atoms with E-state index in [0.29, 0.717) is 23.9 Å². The summed E-state index contributed by atoms with van der Waals surface area (Å²) in [5, 5.41) is 0. The molecule has 6 nitrogen and oxygen atoms in total. The Balaban J connectivity index is 1.28. The quantitative estimate of drug-likeness (QED) is 0.776. The lowest BCUT2D eigenvalue weighted by molar-refractivity contribution is -0.138. The SMILES string of the molecule is CO[C@H]1CN(C2CCN(C(=O)CC3CCN(C)CC3)CC2)[C@H]1c1cccnc1. The number of hydrogen-bond acceptors (Lipinski definition) is 5. The van der Waals surface area contributed by atoms with E-state index < -0.39 is 0 Å². The average molecular weight is 387 g/mol. The summed E-state index contributed by atoms with van der Waals surface area (Å²) in [6.45, 7) is 5.02. The highest BCUT2D eigenvalue weighted by atomic mass is 16.5. The molecule has 3 fully saturated rings. The van der Waals surface area contributed by atoms with Crippen molar-refractivity contribution < 1.29 is 9.53 Å². The zero-order chi connectivity index (χ0) is 19.5. The maximum Gasteiger partial charge on any atom is 0.222 e. The maximum absolute atomic E-state index is 12.8. The molecule has 2 atom stereocenters. The summed E-state index contributed by atoms with van der Waals surface area (Å²) in [4.78, 5) is 24.1. The first-order chi connectivity index (χ1) is 13.7. The first-order valence-corrected chi connectivity index (χ1v) is 10.8. The first-order valence-electron chi connectivity index (χ1n) is 10.8. The van der Waals surface area contributed by atoms with E-state index in [1.165, 1.54) is 5.56 Å². The standard InChI is InChI=1S/C22H34N4O2/c1-24-10-5-17(6-11-24)14-21(27)25-12-7-19(8-13-25)26-16-20(28-2)22(26)18-4-3-9-23-15-18/h3-4,9,15,17,19-20,22H,5-8,10-14,16H2,1-2H3/t20-,22-/m0/s1. The fourth-order valence-electron chi connectivity index (χ4n) is 5.12. The summed E-state index contributed by atoms with van der Waals surface area (Å²) in [5.74, 6) is 0.949. The van der Waals surface area contributed by atoms with Gasteiger partial charge in [0.1, 0.15) is 0 Å². The van der Waals surface area contributed by atoms with Gasteiger partial charge in [0.2, 0.25) is 5.91 Å². The van der Waals surface area contributed by atoms with E-state index in [-0.39, 0.29) is 6.10 Å². The molecule has 0 unspecified atom stereocenters. The summed E-state index contributed by atoms with van der Waals surface area (Å²) < 4.78 is 5.69. The molecule has 0 aliphatic carbocycles. The van der Waals surface area contributed by atoms with Crippen LogP contribution in [0.4, 0.5) is 0 Å². The number of carbonyl (C=O) groups is 1. The van der Waals surface area contributed by atoms with Gasteiger partial charge >= 0.3 is 0 Å². The van der Waals surface area contributed by atoms with Crippen LogP contribution >= 0.6 is 0 Å². The smallest absolute Gasteiger partial charge is 0.222 e. The van der Waals surface area contributed by atoms with Gasteiger partial charge in [-0.3, -0.25) is 14.7 Å². The lowest BCUT2D eigenvalue weighted by atomic mass is 9.87. The van der Waals surface area contributed by atoms with Crippen LogP contribution in [0.2, 0.25) is 0 Å². The zero-order valence-corrected chi connectivity index (χ0v) is 17.3. The van der Waals surface area contributed by atoms with Gasteiger partial charge < -0.3 is 14.5 Å². The Kier molecular flexibility index (Phi) is 6.28. The van der Waals surface area contributed by atoms with E-state index >= 15 is 0 Å².